The van der Waals surface area contributed by atoms with Crippen molar-refractivity contribution >= 4 is 11.8 Å². The molecule has 0 saturated carbocycles. The van der Waals surface area contributed by atoms with E-state index in [-0.39, 0.29) is 17.9 Å². The van der Waals surface area contributed by atoms with E-state index in [1.54, 1.807) is 19.1 Å². The van der Waals surface area contributed by atoms with Crippen molar-refractivity contribution in [3.63, 3.8) is 0 Å². The second kappa shape index (κ2) is 9.53. The van der Waals surface area contributed by atoms with Crippen molar-refractivity contribution in [3.05, 3.63) is 35.9 Å². The Hall–Kier alpha value is -1.92. The number of ether oxygens (including phenoxy) is 2. The van der Waals surface area contributed by atoms with Crippen LogP contribution >= 0.6 is 0 Å². The van der Waals surface area contributed by atoms with Crippen molar-refractivity contribution in [1.82, 2.24) is 10.2 Å². The first kappa shape index (κ1) is 19.4. The first-order chi connectivity index (χ1) is 12.1. The SMILES string of the molecule is CC[C@H](NC(=O)[C@H](c1ccccc1)N1CCCCC1=O)C(OC)OC. The molecule has 2 atom stereocenters. The summed E-state index contributed by atoms with van der Waals surface area (Å²) in [5.74, 6) is -0.175. The van der Waals surface area contributed by atoms with E-state index in [1.165, 1.54) is 0 Å². The second-order valence-electron chi connectivity index (χ2n) is 6.22. The molecule has 6 nitrogen and oxygen atoms in total. The molecule has 0 unspecified atom stereocenters. The molecule has 2 rings (SSSR count). The second-order valence-corrected chi connectivity index (χ2v) is 6.22. The number of benzene rings is 1. The van der Waals surface area contributed by atoms with Crippen LogP contribution in [-0.4, -0.2) is 49.8 Å². The molecule has 1 saturated heterocycles. The maximum absolute atomic E-state index is 13.1. The van der Waals surface area contributed by atoms with Crippen LogP contribution in [0.4, 0.5) is 0 Å². The minimum absolute atomic E-state index is 0.0262. The number of rotatable bonds is 8. The Morgan fingerprint density at radius 2 is 1.88 bits per heavy atom. The molecule has 25 heavy (non-hydrogen) atoms. The van der Waals surface area contributed by atoms with Gasteiger partial charge in [0, 0.05) is 27.2 Å². The Kier molecular flexibility index (Phi) is 7.40. The summed E-state index contributed by atoms with van der Waals surface area (Å²) in [6, 6.07) is 8.53. The summed E-state index contributed by atoms with van der Waals surface area (Å²) >= 11 is 0. The van der Waals surface area contributed by atoms with E-state index in [2.05, 4.69) is 5.32 Å². The van der Waals surface area contributed by atoms with E-state index < -0.39 is 12.3 Å². The monoisotopic (exact) mass is 348 g/mol. The highest BCUT2D eigenvalue weighted by Gasteiger charge is 2.34. The van der Waals surface area contributed by atoms with Gasteiger partial charge in [0.1, 0.15) is 6.04 Å². The summed E-state index contributed by atoms with van der Waals surface area (Å²) in [5, 5.41) is 3.00. The number of likely N-dealkylation sites (tertiary alicyclic amines) is 1. The molecule has 1 aromatic rings. The molecule has 1 aromatic carbocycles. The summed E-state index contributed by atoms with van der Waals surface area (Å²) in [5.41, 5.74) is 0.816. The van der Waals surface area contributed by atoms with Crippen molar-refractivity contribution < 1.29 is 19.1 Å². The molecule has 1 heterocycles. The van der Waals surface area contributed by atoms with Crippen molar-refractivity contribution in [2.45, 2.75) is 51.0 Å². The molecule has 0 aliphatic carbocycles. The number of carbonyl (C=O) groups excluding carboxylic acids is 2. The van der Waals surface area contributed by atoms with Crippen LogP contribution in [0.15, 0.2) is 30.3 Å². The average molecular weight is 348 g/mol. The normalized spacial score (nSPS) is 17.4. The summed E-state index contributed by atoms with van der Waals surface area (Å²) in [7, 11) is 3.09. The minimum atomic E-state index is -0.627. The summed E-state index contributed by atoms with van der Waals surface area (Å²) in [6.07, 6.45) is 2.42. The molecule has 138 valence electrons. The van der Waals surface area contributed by atoms with Gasteiger partial charge in [0.2, 0.25) is 11.8 Å². The van der Waals surface area contributed by atoms with Gasteiger partial charge in [-0.05, 0) is 24.8 Å². The van der Waals surface area contributed by atoms with Crippen LogP contribution in [0.3, 0.4) is 0 Å². The highest BCUT2D eigenvalue weighted by Crippen LogP contribution is 2.26. The molecule has 1 aliphatic heterocycles. The zero-order chi connectivity index (χ0) is 18.2. The fourth-order valence-electron chi connectivity index (χ4n) is 3.26. The maximum Gasteiger partial charge on any atom is 0.247 e. The van der Waals surface area contributed by atoms with Gasteiger partial charge in [-0.25, -0.2) is 0 Å². The summed E-state index contributed by atoms with van der Waals surface area (Å²) in [6.45, 7) is 2.56. The van der Waals surface area contributed by atoms with Crippen molar-refractivity contribution in [2.75, 3.05) is 20.8 Å². The first-order valence-corrected chi connectivity index (χ1v) is 8.82. The van der Waals surface area contributed by atoms with Gasteiger partial charge < -0.3 is 19.7 Å². The standard InChI is InChI=1S/C19H28N2O4/c1-4-15(19(24-2)25-3)20-18(23)17(14-10-6-5-7-11-14)21-13-9-8-12-16(21)22/h5-7,10-11,15,17,19H,4,8-9,12-13H2,1-3H3,(H,20,23)/t15-,17-/m0/s1. The largest absolute Gasteiger partial charge is 0.354 e. The Bertz CT molecular complexity index is 560. The maximum atomic E-state index is 13.1. The van der Waals surface area contributed by atoms with E-state index in [9.17, 15) is 9.59 Å². The van der Waals surface area contributed by atoms with Crippen molar-refractivity contribution in [3.8, 4) is 0 Å². The van der Waals surface area contributed by atoms with E-state index in [1.807, 2.05) is 37.3 Å². The van der Waals surface area contributed by atoms with E-state index >= 15 is 0 Å². The van der Waals surface area contributed by atoms with Crippen LogP contribution < -0.4 is 5.32 Å². The predicted molar refractivity (Wildman–Crippen MR) is 94.8 cm³/mol. The quantitative estimate of drug-likeness (QED) is 0.732. The van der Waals surface area contributed by atoms with Crippen LogP contribution in [0.5, 0.6) is 0 Å². The van der Waals surface area contributed by atoms with Crippen LogP contribution in [-0.2, 0) is 19.1 Å². The lowest BCUT2D eigenvalue weighted by molar-refractivity contribution is -0.148. The first-order valence-electron chi connectivity index (χ1n) is 8.82. The van der Waals surface area contributed by atoms with Gasteiger partial charge in [-0.15, -0.1) is 0 Å². The number of methoxy groups -OCH3 is 2. The van der Waals surface area contributed by atoms with Gasteiger partial charge in [-0.1, -0.05) is 37.3 Å². The van der Waals surface area contributed by atoms with Gasteiger partial charge in [0.05, 0.1) is 6.04 Å². The minimum Gasteiger partial charge on any atom is -0.354 e. The highest BCUT2D eigenvalue weighted by atomic mass is 16.7. The third kappa shape index (κ3) is 4.80. The number of carbonyl (C=O) groups is 2. The smallest absolute Gasteiger partial charge is 0.247 e. The average Bonchev–Trinajstić information content (AvgIpc) is 2.64. The van der Waals surface area contributed by atoms with Gasteiger partial charge in [-0.3, -0.25) is 9.59 Å². The van der Waals surface area contributed by atoms with E-state index in [4.69, 9.17) is 9.47 Å². The number of nitrogens with one attached hydrogen (secondary N) is 1. The number of hydrogen-bond donors (Lipinski definition) is 1. The molecule has 1 fully saturated rings. The Labute approximate surface area is 149 Å². The van der Waals surface area contributed by atoms with E-state index in [0.717, 1.165) is 18.4 Å². The predicted octanol–water partition coefficient (Wildman–Crippen LogP) is 2.25. The van der Waals surface area contributed by atoms with Crippen LogP contribution in [0.1, 0.15) is 44.2 Å². The Morgan fingerprint density at radius 3 is 2.44 bits per heavy atom. The summed E-state index contributed by atoms with van der Waals surface area (Å²) < 4.78 is 10.6. The number of piperidine rings is 1. The zero-order valence-electron chi connectivity index (χ0n) is 15.2. The van der Waals surface area contributed by atoms with Gasteiger partial charge >= 0.3 is 0 Å². The molecule has 0 radical (unpaired) electrons. The molecular weight excluding hydrogens is 320 g/mol. The Morgan fingerprint density at radius 1 is 1.20 bits per heavy atom. The lowest BCUT2D eigenvalue weighted by atomic mass is 10.00. The fraction of sp³-hybridized carbons (Fsp3) is 0.579. The summed E-state index contributed by atoms with van der Waals surface area (Å²) in [4.78, 5) is 27.2. The number of hydrogen-bond acceptors (Lipinski definition) is 4. The number of nitrogens with zero attached hydrogens (tertiary/aromatic N) is 1. The third-order valence-electron chi connectivity index (χ3n) is 4.60. The molecule has 0 spiro atoms. The highest BCUT2D eigenvalue weighted by molar-refractivity contribution is 5.89. The molecule has 1 aliphatic rings. The Balaban J connectivity index is 2.25. The topological polar surface area (TPSA) is 67.9 Å². The van der Waals surface area contributed by atoms with Crippen molar-refractivity contribution in [1.29, 1.82) is 0 Å². The van der Waals surface area contributed by atoms with Crippen LogP contribution in [0, 0.1) is 0 Å². The van der Waals surface area contributed by atoms with Gasteiger partial charge in [0.25, 0.3) is 0 Å². The molecule has 2 amide bonds. The van der Waals surface area contributed by atoms with Crippen molar-refractivity contribution in [2.24, 2.45) is 0 Å². The molecule has 0 aromatic heterocycles. The molecule has 0 bridgehead atoms. The fourth-order valence-corrected chi connectivity index (χ4v) is 3.26. The van der Waals surface area contributed by atoms with Gasteiger partial charge in [-0.2, -0.15) is 0 Å². The molecule has 6 heteroatoms. The van der Waals surface area contributed by atoms with Crippen LogP contribution in [0.25, 0.3) is 0 Å². The lowest BCUT2D eigenvalue weighted by Crippen LogP contribution is -2.51. The third-order valence-corrected chi connectivity index (χ3v) is 4.60. The lowest BCUT2D eigenvalue weighted by Gasteiger charge is -2.35. The molecular formula is C19H28N2O4. The van der Waals surface area contributed by atoms with Gasteiger partial charge in [0.15, 0.2) is 6.29 Å². The number of amides is 2. The van der Waals surface area contributed by atoms with Crippen LogP contribution in [0.2, 0.25) is 0 Å². The zero-order valence-corrected chi connectivity index (χ0v) is 15.2. The molecule has 1 N–H and O–H groups in total. The van der Waals surface area contributed by atoms with E-state index in [0.29, 0.717) is 19.4 Å².